The minimum Gasteiger partial charge on any atom is -0.371 e. The van der Waals surface area contributed by atoms with Crippen LogP contribution in [-0.2, 0) is 4.74 Å². The normalized spacial score (nSPS) is 16.4. The molecule has 1 saturated heterocycles. The standard InChI is InChI=1S/C19H17N3O3S2/c1-11(23)16-15(12-6-3-2-4-7-12)21-19(27-16)22-17(24)14-10-20-18(26-14)13-8-5-9-25-13/h2-4,6-7,10,13H,5,8-9H2,1H3,(H,21,22,24)/t13-/m0/s1. The lowest BCUT2D eigenvalue weighted by atomic mass is 10.1. The van der Waals surface area contributed by atoms with Crippen molar-refractivity contribution in [2.24, 2.45) is 0 Å². The second kappa shape index (κ2) is 7.67. The molecule has 1 N–H and O–H groups in total. The molecule has 138 valence electrons. The molecule has 6 nitrogen and oxygen atoms in total. The summed E-state index contributed by atoms with van der Waals surface area (Å²) in [4.78, 5) is 34.4. The van der Waals surface area contributed by atoms with Gasteiger partial charge < -0.3 is 4.74 Å². The Bertz CT molecular complexity index is 975. The Morgan fingerprint density at radius 3 is 2.74 bits per heavy atom. The lowest BCUT2D eigenvalue weighted by Gasteiger charge is -2.03. The van der Waals surface area contributed by atoms with Crippen LogP contribution in [0.3, 0.4) is 0 Å². The van der Waals surface area contributed by atoms with Crippen molar-refractivity contribution in [1.82, 2.24) is 9.97 Å². The van der Waals surface area contributed by atoms with Gasteiger partial charge in [-0.25, -0.2) is 9.97 Å². The first-order chi connectivity index (χ1) is 13.1. The second-order valence-corrected chi connectivity index (χ2v) is 8.20. The lowest BCUT2D eigenvalue weighted by molar-refractivity contribution is 0.101. The van der Waals surface area contributed by atoms with Crippen LogP contribution in [0.4, 0.5) is 5.13 Å². The topological polar surface area (TPSA) is 81.2 Å². The van der Waals surface area contributed by atoms with E-state index in [1.807, 2.05) is 30.3 Å². The Kier molecular flexibility index (Phi) is 5.11. The molecule has 27 heavy (non-hydrogen) atoms. The smallest absolute Gasteiger partial charge is 0.269 e. The van der Waals surface area contributed by atoms with E-state index in [1.54, 1.807) is 6.20 Å². The number of thiazole rings is 2. The molecule has 1 amide bonds. The highest BCUT2D eigenvalue weighted by Gasteiger charge is 2.23. The van der Waals surface area contributed by atoms with Gasteiger partial charge in [0.15, 0.2) is 10.9 Å². The monoisotopic (exact) mass is 399 g/mol. The van der Waals surface area contributed by atoms with Gasteiger partial charge in [-0.1, -0.05) is 41.7 Å². The predicted molar refractivity (Wildman–Crippen MR) is 106 cm³/mol. The van der Waals surface area contributed by atoms with Crippen molar-refractivity contribution in [3.63, 3.8) is 0 Å². The average Bonchev–Trinajstić information content (AvgIpc) is 3.41. The van der Waals surface area contributed by atoms with Crippen LogP contribution >= 0.6 is 22.7 Å². The molecule has 4 rings (SSSR count). The molecule has 0 unspecified atom stereocenters. The number of aromatic nitrogens is 2. The zero-order valence-corrected chi connectivity index (χ0v) is 16.2. The van der Waals surface area contributed by atoms with E-state index in [4.69, 9.17) is 4.74 Å². The Hall–Kier alpha value is -2.42. The number of benzene rings is 1. The molecule has 0 radical (unpaired) electrons. The maximum Gasteiger partial charge on any atom is 0.269 e. The summed E-state index contributed by atoms with van der Waals surface area (Å²) >= 11 is 2.52. The predicted octanol–water partition coefficient (Wildman–Crippen LogP) is 4.57. The number of carbonyl (C=O) groups is 2. The number of carbonyl (C=O) groups excluding carboxylic acids is 2. The van der Waals surface area contributed by atoms with Crippen molar-refractivity contribution in [3.8, 4) is 11.3 Å². The summed E-state index contributed by atoms with van der Waals surface area (Å²) < 4.78 is 5.61. The van der Waals surface area contributed by atoms with Gasteiger partial charge in [-0.2, -0.15) is 0 Å². The van der Waals surface area contributed by atoms with E-state index >= 15 is 0 Å². The Morgan fingerprint density at radius 1 is 1.22 bits per heavy atom. The van der Waals surface area contributed by atoms with Gasteiger partial charge in [-0.3, -0.25) is 14.9 Å². The number of Topliss-reactive ketones (excluding diaryl/α,β-unsaturated/α-hetero) is 1. The largest absolute Gasteiger partial charge is 0.371 e. The molecule has 1 aromatic carbocycles. The fourth-order valence-corrected chi connectivity index (χ4v) is 4.65. The molecule has 2 aromatic heterocycles. The Labute approximate surface area is 164 Å². The average molecular weight is 399 g/mol. The van der Waals surface area contributed by atoms with Crippen LogP contribution in [0.15, 0.2) is 36.5 Å². The highest BCUT2D eigenvalue weighted by Crippen LogP contribution is 2.33. The minimum absolute atomic E-state index is 0.00888. The van der Waals surface area contributed by atoms with Crippen LogP contribution in [0.25, 0.3) is 11.3 Å². The van der Waals surface area contributed by atoms with Crippen LogP contribution in [-0.4, -0.2) is 28.3 Å². The number of amides is 1. The maximum absolute atomic E-state index is 12.6. The summed E-state index contributed by atoms with van der Waals surface area (Å²) in [6.45, 7) is 2.24. The van der Waals surface area contributed by atoms with Gasteiger partial charge >= 0.3 is 0 Å². The summed E-state index contributed by atoms with van der Waals surface area (Å²) in [6, 6.07) is 9.47. The molecule has 1 aliphatic rings. The van der Waals surface area contributed by atoms with E-state index in [0.717, 1.165) is 30.0 Å². The third-order valence-electron chi connectivity index (χ3n) is 4.17. The van der Waals surface area contributed by atoms with Gasteiger partial charge in [0, 0.05) is 19.1 Å². The van der Waals surface area contributed by atoms with Gasteiger partial charge in [-0.15, -0.1) is 11.3 Å². The third-order valence-corrected chi connectivity index (χ3v) is 6.33. The molecule has 0 aliphatic carbocycles. The Balaban J connectivity index is 1.55. The van der Waals surface area contributed by atoms with E-state index in [-0.39, 0.29) is 17.8 Å². The number of nitrogens with one attached hydrogen (secondary N) is 1. The molecular formula is C19H17N3O3S2. The van der Waals surface area contributed by atoms with Crippen molar-refractivity contribution in [1.29, 1.82) is 0 Å². The molecular weight excluding hydrogens is 382 g/mol. The minimum atomic E-state index is -0.278. The summed E-state index contributed by atoms with van der Waals surface area (Å²) in [5.74, 6) is -0.356. The zero-order chi connectivity index (χ0) is 18.8. The summed E-state index contributed by atoms with van der Waals surface area (Å²) in [7, 11) is 0. The second-order valence-electron chi connectivity index (χ2n) is 6.14. The van der Waals surface area contributed by atoms with Gasteiger partial charge in [0.1, 0.15) is 16.0 Å². The van der Waals surface area contributed by atoms with Crippen molar-refractivity contribution in [3.05, 3.63) is 51.3 Å². The molecule has 0 saturated carbocycles. The molecule has 1 aliphatic heterocycles. The maximum atomic E-state index is 12.6. The van der Waals surface area contributed by atoms with Crippen LogP contribution in [0.5, 0.6) is 0 Å². The number of hydrogen-bond donors (Lipinski definition) is 1. The number of ketones is 1. The highest BCUT2D eigenvalue weighted by molar-refractivity contribution is 7.18. The van der Waals surface area contributed by atoms with E-state index in [0.29, 0.717) is 20.6 Å². The first-order valence-electron chi connectivity index (χ1n) is 8.57. The van der Waals surface area contributed by atoms with E-state index in [1.165, 1.54) is 29.6 Å². The fourth-order valence-electron chi connectivity index (χ4n) is 2.88. The fraction of sp³-hybridized carbons (Fsp3) is 0.263. The molecule has 0 spiro atoms. The number of anilines is 1. The summed E-state index contributed by atoms with van der Waals surface area (Å²) in [5.41, 5.74) is 1.44. The van der Waals surface area contributed by atoms with Gasteiger partial charge in [0.05, 0.1) is 16.8 Å². The SMILES string of the molecule is CC(=O)c1sc(NC(=O)c2cnc([C@@H]3CCCO3)s2)nc1-c1ccccc1. The Morgan fingerprint density at radius 2 is 2.04 bits per heavy atom. The highest BCUT2D eigenvalue weighted by atomic mass is 32.1. The lowest BCUT2D eigenvalue weighted by Crippen LogP contribution is -2.09. The molecule has 3 heterocycles. The zero-order valence-electron chi connectivity index (χ0n) is 14.6. The number of hydrogen-bond acceptors (Lipinski definition) is 7. The quantitative estimate of drug-likeness (QED) is 0.636. The van der Waals surface area contributed by atoms with Crippen molar-refractivity contribution < 1.29 is 14.3 Å². The van der Waals surface area contributed by atoms with Crippen LogP contribution in [0, 0.1) is 0 Å². The van der Waals surface area contributed by atoms with Gasteiger partial charge in [0.2, 0.25) is 0 Å². The van der Waals surface area contributed by atoms with Crippen LogP contribution in [0.2, 0.25) is 0 Å². The van der Waals surface area contributed by atoms with Crippen LogP contribution in [0.1, 0.15) is 50.2 Å². The van der Waals surface area contributed by atoms with Crippen LogP contribution < -0.4 is 5.32 Å². The number of nitrogens with zero attached hydrogens (tertiary/aromatic N) is 2. The first-order valence-corrected chi connectivity index (χ1v) is 10.2. The number of rotatable bonds is 5. The first kappa shape index (κ1) is 18.0. The molecule has 8 heteroatoms. The summed E-state index contributed by atoms with van der Waals surface area (Å²) in [5, 5.41) is 4.02. The van der Waals surface area contributed by atoms with E-state index in [9.17, 15) is 9.59 Å². The van der Waals surface area contributed by atoms with Gasteiger partial charge in [0.25, 0.3) is 5.91 Å². The summed E-state index contributed by atoms with van der Waals surface area (Å²) in [6.07, 6.45) is 3.50. The number of ether oxygens (including phenoxy) is 1. The molecule has 1 fully saturated rings. The molecule has 3 aromatic rings. The third kappa shape index (κ3) is 3.83. The van der Waals surface area contributed by atoms with E-state index in [2.05, 4.69) is 15.3 Å². The van der Waals surface area contributed by atoms with E-state index < -0.39 is 0 Å². The van der Waals surface area contributed by atoms with Gasteiger partial charge in [-0.05, 0) is 12.8 Å². The van der Waals surface area contributed by atoms with Crippen molar-refractivity contribution >= 4 is 39.5 Å². The molecule has 0 bridgehead atoms. The van der Waals surface area contributed by atoms with Crippen molar-refractivity contribution in [2.75, 3.05) is 11.9 Å². The van der Waals surface area contributed by atoms with Crippen molar-refractivity contribution in [2.45, 2.75) is 25.9 Å². The molecule has 1 atom stereocenters.